The van der Waals surface area contributed by atoms with Crippen molar-refractivity contribution in [2.45, 2.75) is 25.6 Å². The minimum absolute atomic E-state index is 0.0201. The van der Waals surface area contributed by atoms with Gasteiger partial charge in [-0.2, -0.15) is 36.0 Å². The topological polar surface area (TPSA) is 68.6 Å². The zero-order valence-electron chi connectivity index (χ0n) is 17.0. The third kappa shape index (κ3) is 5.16. The average molecular weight is 503 g/mol. The molecule has 0 aliphatic carbocycles. The van der Waals surface area contributed by atoms with Crippen molar-refractivity contribution in [3.8, 4) is 10.4 Å². The Morgan fingerprint density at radius 1 is 0.971 bits per heavy atom. The number of ether oxygens (including phenoxy) is 2. The van der Waals surface area contributed by atoms with Crippen molar-refractivity contribution < 1.29 is 35.8 Å². The first-order valence-electron chi connectivity index (χ1n) is 9.61. The van der Waals surface area contributed by atoms with E-state index in [0.717, 1.165) is 29.5 Å². The number of benzene rings is 1. The predicted octanol–water partition coefficient (Wildman–Crippen LogP) is 5.48. The van der Waals surface area contributed by atoms with Crippen LogP contribution in [0.3, 0.4) is 0 Å². The molecular weight excluding hydrogens is 488 g/mol. The second-order valence-electron chi connectivity index (χ2n) is 7.10. The number of nitrogens with zero attached hydrogens (tertiary/aromatic N) is 2. The number of aromatic nitrogens is 3. The van der Waals surface area contributed by atoms with Gasteiger partial charge in [0.15, 0.2) is 5.69 Å². The van der Waals surface area contributed by atoms with Crippen LogP contribution in [0.4, 0.5) is 26.3 Å². The van der Waals surface area contributed by atoms with Crippen LogP contribution in [0.2, 0.25) is 0 Å². The third-order valence-electron chi connectivity index (χ3n) is 4.68. The lowest BCUT2D eigenvalue weighted by Gasteiger charge is -2.09. The lowest BCUT2D eigenvalue weighted by Crippen LogP contribution is -2.17. The number of hydrogen-bond donors (Lipinski definition) is 1. The number of rotatable bonds is 7. The number of fused-ring (bicyclic) bond motifs is 1. The fourth-order valence-corrected chi connectivity index (χ4v) is 3.95. The molecule has 0 spiro atoms. The molecule has 0 fully saturated rings. The first-order valence-corrected chi connectivity index (χ1v) is 10.5. The highest BCUT2D eigenvalue weighted by Gasteiger charge is 2.39. The second kappa shape index (κ2) is 9.24. The fourth-order valence-electron chi connectivity index (χ4n) is 3.18. The van der Waals surface area contributed by atoms with Gasteiger partial charge in [0, 0.05) is 16.6 Å². The van der Waals surface area contributed by atoms with Crippen molar-refractivity contribution in [3.63, 3.8) is 0 Å². The minimum Gasteiger partial charge on any atom is -0.351 e. The van der Waals surface area contributed by atoms with Crippen molar-refractivity contribution in [1.82, 2.24) is 14.6 Å². The summed E-state index contributed by atoms with van der Waals surface area (Å²) < 4.78 is 89.6. The van der Waals surface area contributed by atoms with Gasteiger partial charge in [-0.15, -0.1) is 11.3 Å². The van der Waals surface area contributed by atoms with E-state index in [0.29, 0.717) is 10.1 Å². The molecule has 0 aliphatic heterocycles. The smallest absolute Gasteiger partial charge is 0.351 e. The number of aromatic amines is 1. The molecule has 0 bridgehead atoms. The van der Waals surface area contributed by atoms with Gasteiger partial charge in [0.25, 0.3) is 5.56 Å². The Kier molecular flexibility index (Phi) is 6.51. The molecule has 0 amide bonds. The van der Waals surface area contributed by atoms with Gasteiger partial charge in [0.1, 0.15) is 12.4 Å². The largest absolute Gasteiger partial charge is 0.435 e. The summed E-state index contributed by atoms with van der Waals surface area (Å²) in [6.45, 7) is -0.470. The van der Waals surface area contributed by atoms with Crippen LogP contribution < -0.4 is 5.56 Å². The SMILES string of the molecule is O=c1cc(COCOCc2ccc(C(F)(F)F)cc2)[nH]c2c(-c3cccs3)c(C(F)(F)F)nn12. The first-order chi connectivity index (χ1) is 16.0. The molecule has 0 atom stereocenters. The zero-order chi connectivity index (χ0) is 24.5. The maximum absolute atomic E-state index is 13.5. The van der Waals surface area contributed by atoms with Crippen molar-refractivity contribution >= 4 is 17.0 Å². The maximum Gasteiger partial charge on any atom is 0.435 e. The van der Waals surface area contributed by atoms with Crippen LogP contribution in [-0.2, 0) is 35.0 Å². The molecule has 0 aliphatic rings. The summed E-state index contributed by atoms with van der Waals surface area (Å²) in [5.41, 5.74) is -2.39. The molecule has 1 N–H and O–H groups in total. The highest BCUT2D eigenvalue weighted by atomic mass is 32.1. The quantitative estimate of drug-likeness (QED) is 0.206. The van der Waals surface area contributed by atoms with Gasteiger partial charge in [0.05, 0.1) is 24.3 Å². The molecule has 0 radical (unpaired) electrons. The maximum atomic E-state index is 13.5. The molecule has 3 aromatic heterocycles. The summed E-state index contributed by atoms with van der Waals surface area (Å²) >= 11 is 1.07. The van der Waals surface area contributed by atoms with Crippen LogP contribution in [-0.4, -0.2) is 21.4 Å². The summed E-state index contributed by atoms with van der Waals surface area (Å²) in [5.74, 6) is 0. The van der Waals surface area contributed by atoms with E-state index in [1.807, 2.05) is 0 Å². The van der Waals surface area contributed by atoms with Crippen molar-refractivity contribution in [3.05, 3.63) is 80.7 Å². The number of nitrogens with one attached hydrogen (secondary N) is 1. The number of halogens is 6. The molecule has 4 rings (SSSR count). The molecular formula is C21H15F6N3O3S. The summed E-state index contributed by atoms with van der Waals surface area (Å²) in [6, 6.07) is 8.57. The van der Waals surface area contributed by atoms with E-state index in [4.69, 9.17) is 9.47 Å². The van der Waals surface area contributed by atoms with Gasteiger partial charge in [0.2, 0.25) is 0 Å². The highest BCUT2D eigenvalue weighted by Crippen LogP contribution is 2.39. The summed E-state index contributed by atoms with van der Waals surface area (Å²) in [5, 5.41) is 5.07. The number of hydrogen-bond acceptors (Lipinski definition) is 5. The molecule has 1 aromatic carbocycles. The van der Waals surface area contributed by atoms with Crippen LogP contribution in [0.1, 0.15) is 22.5 Å². The van der Waals surface area contributed by atoms with Crippen LogP contribution in [0.5, 0.6) is 0 Å². The number of thiophene rings is 1. The van der Waals surface area contributed by atoms with E-state index in [-0.39, 0.29) is 41.8 Å². The van der Waals surface area contributed by atoms with E-state index >= 15 is 0 Å². The Morgan fingerprint density at radius 3 is 2.29 bits per heavy atom. The molecule has 34 heavy (non-hydrogen) atoms. The van der Waals surface area contributed by atoms with Crippen LogP contribution in [0, 0.1) is 0 Å². The standard InChI is InChI=1S/C21H15F6N3O3S/c22-20(23,24)13-5-3-12(4-6-13)9-32-11-33-10-14-8-16(31)30-19(28-14)17(15-2-1-7-34-15)18(29-30)21(25,26)27/h1-8,28H,9-11H2. The third-order valence-corrected chi connectivity index (χ3v) is 5.57. The normalized spacial score (nSPS) is 12.5. The Hall–Kier alpha value is -3.16. The minimum atomic E-state index is -4.77. The number of alkyl halides is 6. The van der Waals surface area contributed by atoms with Gasteiger partial charge in [-0.1, -0.05) is 18.2 Å². The van der Waals surface area contributed by atoms with E-state index in [1.54, 1.807) is 11.4 Å². The predicted molar refractivity (Wildman–Crippen MR) is 110 cm³/mol. The Labute approximate surface area is 191 Å². The van der Waals surface area contributed by atoms with E-state index in [9.17, 15) is 31.1 Å². The molecule has 0 unspecified atom stereocenters. The van der Waals surface area contributed by atoms with Gasteiger partial charge >= 0.3 is 12.4 Å². The Bertz CT molecular complexity index is 1330. The molecule has 4 aromatic rings. The van der Waals surface area contributed by atoms with E-state index in [1.165, 1.54) is 18.2 Å². The van der Waals surface area contributed by atoms with Crippen LogP contribution >= 0.6 is 11.3 Å². The zero-order valence-corrected chi connectivity index (χ0v) is 17.9. The van der Waals surface area contributed by atoms with Gasteiger partial charge in [-0.3, -0.25) is 4.79 Å². The fraction of sp³-hybridized carbons (Fsp3) is 0.238. The molecule has 0 saturated heterocycles. The lowest BCUT2D eigenvalue weighted by molar-refractivity contribution is -0.141. The van der Waals surface area contributed by atoms with Crippen LogP contribution in [0.15, 0.2) is 52.6 Å². The molecule has 180 valence electrons. The highest BCUT2D eigenvalue weighted by molar-refractivity contribution is 7.13. The lowest BCUT2D eigenvalue weighted by atomic mass is 10.1. The van der Waals surface area contributed by atoms with Gasteiger partial charge in [-0.05, 0) is 29.1 Å². The average Bonchev–Trinajstić information content (AvgIpc) is 3.40. The van der Waals surface area contributed by atoms with E-state index < -0.39 is 29.2 Å². The van der Waals surface area contributed by atoms with Crippen LogP contribution in [0.25, 0.3) is 16.1 Å². The summed E-state index contributed by atoms with van der Waals surface area (Å²) in [4.78, 5) is 15.4. The Balaban J connectivity index is 1.45. The molecule has 3 heterocycles. The molecule has 0 saturated carbocycles. The van der Waals surface area contributed by atoms with Crippen molar-refractivity contribution in [2.24, 2.45) is 0 Å². The first kappa shape index (κ1) is 24.0. The van der Waals surface area contributed by atoms with E-state index in [2.05, 4.69) is 10.1 Å². The molecule has 13 heteroatoms. The molecule has 6 nitrogen and oxygen atoms in total. The summed E-state index contributed by atoms with van der Waals surface area (Å²) in [6.07, 6.45) is -9.20. The van der Waals surface area contributed by atoms with Gasteiger partial charge < -0.3 is 14.5 Å². The van der Waals surface area contributed by atoms with Crippen molar-refractivity contribution in [1.29, 1.82) is 0 Å². The number of H-pyrrole nitrogens is 1. The van der Waals surface area contributed by atoms with Crippen molar-refractivity contribution in [2.75, 3.05) is 6.79 Å². The summed E-state index contributed by atoms with van der Waals surface area (Å²) in [7, 11) is 0. The van der Waals surface area contributed by atoms with Gasteiger partial charge in [-0.25, -0.2) is 0 Å². The Morgan fingerprint density at radius 2 is 1.68 bits per heavy atom. The second-order valence-corrected chi connectivity index (χ2v) is 8.05. The monoisotopic (exact) mass is 503 g/mol.